The van der Waals surface area contributed by atoms with Crippen molar-refractivity contribution in [2.24, 2.45) is 5.92 Å². The number of imidazole rings is 1. The lowest BCUT2D eigenvalue weighted by atomic mass is 9.99. The second-order valence-corrected chi connectivity index (χ2v) is 5.90. The number of nitrogens with one attached hydrogen (secondary N) is 2. The molecule has 0 aliphatic carbocycles. The first-order chi connectivity index (χ1) is 11.8. The summed E-state index contributed by atoms with van der Waals surface area (Å²) < 4.78 is 44.5. The van der Waals surface area contributed by atoms with E-state index in [2.05, 4.69) is 25.8 Å². The number of nitrogens with zero attached hydrogens (tertiary/aromatic N) is 4. The van der Waals surface area contributed by atoms with Gasteiger partial charge in [-0.2, -0.15) is 18.2 Å². The Balaban J connectivity index is 1.46. The van der Waals surface area contributed by atoms with E-state index >= 15 is 0 Å². The van der Waals surface area contributed by atoms with Crippen molar-refractivity contribution < 1.29 is 22.5 Å². The number of halogens is 3. The van der Waals surface area contributed by atoms with Crippen LogP contribution in [-0.4, -0.2) is 32.3 Å². The number of alkyl halides is 3. The van der Waals surface area contributed by atoms with E-state index in [9.17, 15) is 18.0 Å². The Hall–Kier alpha value is -2.59. The third-order valence-corrected chi connectivity index (χ3v) is 3.90. The monoisotopic (exact) mass is 358 g/mol. The van der Waals surface area contributed by atoms with E-state index in [1.54, 1.807) is 6.92 Å². The van der Waals surface area contributed by atoms with Crippen molar-refractivity contribution in [1.29, 1.82) is 0 Å². The number of aromatic nitrogens is 4. The van der Waals surface area contributed by atoms with Gasteiger partial charge in [0.05, 0.1) is 6.54 Å². The summed E-state index contributed by atoms with van der Waals surface area (Å²) in [5, 5.41) is 8.89. The van der Waals surface area contributed by atoms with Gasteiger partial charge >= 0.3 is 12.2 Å². The summed E-state index contributed by atoms with van der Waals surface area (Å²) in [4.78, 5) is 19.4. The number of amides is 2. The lowest BCUT2D eigenvalue weighted by molar-refractivity contribution is -0.141. The zero-order valence-corrected chi connectivity index (χ0v) is 13.4. The van der Waals surface area contributed by atoms with Gasteiger partial charge in [-0.15, -0.1) is 0 Å². The molecule has 136 valence electrons. The molecule has 2 aromatic heterocycles. The zero-order valence-electron chi connectivity index (χ0n) is 13.4. The van der Waals surface area contributed by atoms with Gasteiger partial charge in [0, 0.05) is 25.7 Å². The van der Waals surface area contributed by atoms with Gasteiger partial charge in [0.15, 0.2) is 11.5 Å². The molecule has 1 unspecified atom stereocenters. The molecular formula is C14H17F3N6O2. The first-order valence-electron chi connectivity index (χ1n) is 7.75. The van der Waals surface area contributed by atoms with E-state index in [0.717, 1.165) is 6.20 Å². The summed E-state index contributed by atoms with van der Waals surface area (Å²) >= 11 is 0. The largest absolute Gasteiger partial charge is 0.434 e. The maximum atomic E-state index is 12.7. The van der Waals surface area contributed by atoms with Crippen molar-refractivity contribution in [3.8, 4) is 0 Å². The van der Waals surface area contributed by atoms with Crippen LogP contribution in [0, 0.1) is 12.8 Å². The summed E-state index contributed by atoms with van der Waals surface area (Å²) in [6, 6.07) is -0.400. The van der Waals surface area contributed by atoms with Crippen molar-refractivity contribution >= 4 is 6.03 Å². The molecule has 3 rings (SSSR count). The molecule has 1 aliphatic rings. The molecule has 1 atom stereocenters. The molecule has 2 aromatic rings. The number of urea groups is 1. The van der Waals surface area contributed by atoms with Crippen LogP contribution in [0.2, 0.25) is 0 Å². The van der Waals surface area contributed by atoms with Crippen molar-refractivity contribution in [2.75, 3.05) is 6.54 Å². The number of carbonyl (C=O) groups excluding carboxylic acids is 1. The SMILES string of the molecule is Cc1noc(CNC(=O)NCC2CCc3nc(C(F)(F)F)cn3C2)n1. The standard InChI is InChI=1S/C14H17F3N6O2/c1-8-20-12(25-22-8)5-19-13(24)18-4-9-2-3-11-21-10(14(15,16)17)7-23(11)6-9/h7,9H,2-6H2,1H3,(H2,18,19,24). The van der Waals surface area contributed by atoms with Gasteiger partial charge < -0.3 is 19.7 Å². The van der Waals surface area contributed by atoms with Crippen LogP contribution < -0.4 is 10.6 Å². The molecule has 0 aromatic carbocycles. The van der Waals surface area contributed by atoms with Crippen molar-refractivity contribution in [3.63, 3.8) is 0 Å². The average Bonchev–Trinajstić information content (AvgIpc) is 3.16. The maximum absolute atomic E-state index is 12.7. The molecule has 3 heterocycles. The summed E-state index contributed by atoms with van der Waals surface area (Å²) in [7, 11) is 0. The van der Waals surface area contributed by atoms with Crippen LogP contribution in [0.15, 0.2) is 10.7 Å². The van der Waals surface area contributed by atoms with Crippen molar-refractivity contribution in [3.05, 3.63) is 29.4 Å². The van der Waals surface area contributed by atoms with E-state index < -0.39 is 17.9 Å². The Kier molecular flexibility index (Phi) is 4.64. The molecule has 0 fully saturated rings. The molecule has 0 saturated heterocycles. The van der Waals surface area contributed by atoms with Crippen LogP contribution >= 0.6 is 0 Å². The molecule has 2 amide bonds. The number of carbonyl (C=O) groups is 1. The van der Waals surface area contributed by atoms with E-state index in [-0.39, 0.29) is 12.5 Å². The van der Waals surface area contributed by atoms with Gasteiger partial charge in [-0.1, -0.05) is 5.16 Å². The number of hydrogen-bond donors (Lipinski definition) is 2. The first-order valence-corrected chi connectivity index (χ1v) is 7.75. The van der Waals surface area contributed by atoms with Gasteiger partial charge in [0.25, 0.3) is 0 Å². The lowest BCUT2D eigenvalue weighted by Gasteiger charge is -2.23. The zero-order chi connectivity index (χ0) is 18.0. The van der Waals surface area contributed by atoms with Crippen LogP contribution in [-0.2, 0) is 25.7 Å². The topological polar surface area (TPSA) is 97.9 Å². The Labute approximate surface area is 140 Å². The Morgan fingerprint density at radius 2 is 2.20 bits per heavy atom. The fraction of sp³-hybridized carbons (Fsp3) is 0.571. The molecule has 11 heteroatoms. The normalized spacial score (nSPS) is 17.2. The van der Waals surface area contributed by atoms with E-state index in [1.807, 2.05) is 0 Å². The van der Waals surface area contributed by atoms with Gasteiger partial charge in [0.2, 0.25) is 5.89 Å². The fourth-order valence-corrected chi connectivity index (χ4v) is 2.68. The van der Waals surface area contributed by atoms with Crippen LogP contribution in [0.3, 0.4) is 0 Å². The predicted octanol–water partition coefficient (Wildman–Crippen LogP) is 1.66. The quantitative estimate of drug-likeness (QED) is 0.866. The van der Waals surface area contributed by atoms with Crippen LogP contribution in [0.25, 0.3) is 0 Å². The minimum atomic E-state index is -4.44. The highest BCUT2D eigenvalue weighted by molar-refractivity contribution is 5.73. The van der Waals surface area contributed by atoms with Crippen molar-refractivity contribution in [2.45, 2.75) is 39.0 Å². The first kappa shape index (κ1) is 17.2. The lowest BCUT2D eigenvalue weighted by Crippen LogP contribution is -2.39. The summed E-state index contributed by atoms with van der Waals surface area (Å²) in [5.74, 6) is 1.25. The van der Waals surface area contributed by atoms with E-state index in [0.29, 0.717) is 43.5 Å². The molecule has 0 bridgehead atoms. The van der Waals surface area contributed by atoms with Crippen molar-refractivity contribution in [1.82, 2.24) is 30.3 Å². The van der Waals surface area contributed by atoms with Crippen LogP contribution in [0.4, 0.5) is 18.0 Å². The Morgan fingerprint density at radius 1 is 1.40 bits per heavy atom. The fourth-order valence-electron chi connectivity index (χ4n) is 2.68. The van der Waals surface area contributed by atoms with Gasteiger partial charge in [-0.05, 0) is 19.3 Å². The molecule has 0 spiro atoms. The Morgan fingerprint density at radius 3 is 2.88 bits per heavy atom. The number of aryl methyl sites for hydroxylation is 2. The third kappa shape index (κ3) is 4.28. The minimum Gasteiger partial charge on any atom is -0.338 e. The van der Waals surface area contributed by atoms with Gasteiger partial charge in [-0.3, -0.25) is 0 Å². The van der Waals surface area contributed by atoms with Gasteiger partial charge in [-0.25, -0.2) is 9.78 Å². The van der Waals surface area contributed by atoms with Crippen LogP contribution in [0.5, 0.6) is 0 Å². The molecule has 0 saturated carbocycles. The van der Waals surface area contributed by atoms with E-state index in [1.165, 1.54) is 4.57 Å². The molecular weight excluding hydrogens is 341 g/mol. The van der Waals surface area contributed by atoms with Crippen LogP contribution in [0.1, 0.15) is 29.7 Å². The minimum absolute atomic E-state index is 0.0409. The highest BCUT2D eigenvalue weighted by Crippen LogP contribution is 2.30. The molecule has 1 aliphatic heterocycles. The van der Waals surface area contributed by atoms with E-state index in [4.69, 9.17) is 4.52 Å². The second-order valence-electron chi connectivity index (χ2n) is 5.90. The number of fused-ring (bicyclic) bond motifs is 1. The highest BCUT2D eigenvalue weighted by atomic mass is 19.4. The Bertz CT molecular complexity index is 754. The molecule has 0 radical (unpaired) electrons. The maximum Gasteiger partial charge on any atom is 0.434 e. The average molecular weight is 358 g/mol. The summed E-state index contributed by atoms with van der Waals surface area (Å²) in [6.45, 7) is 2.53. The predicted molar refractivity (Wildman–Crippen MR) is 78.3 cm³/mol. The molecule has 8 nitrogen and oxygen atoms in total. The second kappa shape index (κ2) is 6.73. The third-order valence-electron chi connectivity index (χ3n) is 3.90. The summed E-state index contributed by atoms with van der Waals surface area (Å²) in [5.41, 5.74) is -0.872. The molecule has 25 heavy (non-hydrogen) atoms. The smallest absolute Gasteiger partial charge is 0.338 e. The number of hydrogen-bond acceptors (Lipinski definition) is 5. The number of rotatable bonds is 4. The summed E-state index contributed by atoms with van der Waals surface area (Å²) in [6.07, 6.45) is -2.30. The highest BCUT2D eigenvalue weighted by Gasteiger charge is 2.35. The molecule has 2 N–H and O–H groups in total. The van der Waals surface area contributed by atoms with Gasteiger partial charge in [0.1, 0.15) is 5.82 Å².